The predicted molar refractivity (Wildman–Crippen MR) is 116 cm³/mol. The molecule has 2 saturated heterocycles. The number of aromatic amines is 1. The monoisotopic (exact) mass is 451 g/mol. The molecule has 0 radical (unpaired) electrons. The molecule has 2 aliphatic heterocycles. The van der Waals surface area contributed by atoms with E-state index in [1.54, 1.807) is 23.5 Å². The molecule has 2 aromatic rings. The number of aliphatic hydroxyl groups excluding tert-OH is 1. The Balaban J connectivity index is 1.56. The number of piperidine rings is 2. The van der Waals surface area contributed by atoms with Gasteiger partial charge in [-0.3, -0.25) is 5.10 Å². The molecule has 0 unspecified atom stereocenters. The van der Waals surface area contributed by atoms with E-state index >= 15 is 0 Å². The second-order valence-corrected chi connectivity index (χ2v) is 10.1. The molecule has 2 fully saturated rings. The summed E-state index contributed by atoms with van der Waals surface area (Å²) >= 11 is 0. The number of aliphatic hydroxyl groups is 1. The summed E-state index contributed by atoms with van der Waals surface area (Å²) in [5.41, 5.74) is 0.588. The highest BCUT2D eigenvalue weighted by Gasteiger charge is 2.44. The van der Waals surface area contributed by atoms with E-state index in [0.717, 1.165) is 32.1 Å². The van der Waals surface area contributed by atoms with Crippen LogP contribution in [0.5, 0.6) is 5.88 Å². The van der Waals surface area contributed by atoms with Gasteiger partial charge in [-0.05, 0) is 25.7 Å². The number of hydrogen-bond donors (Lipinski definition) is 3. The summed E-state index contributed by atoms with van der Waals surface area (Å²) in [4.78, 5) is 11.1. The van der Waals surface area contributed by atoms with E-state index in [1.165, 1.54) is 6.26 Å². The molecule has 2 aromatic heterocycles. The average Bonchev–Trinajstić information content (AvgIpc) is 3.18. The minimum Gasteiger partial charge on any atom is -0.481 e. The van der Waals surface area contributed by atoms with Gasteiger partial charge in [-0.2, -0.15) is 19.4 Å². The Labute approximate surface area is 181 Å². The number of nitrogens with one attached hydrogen (secondary N) is 2. The number of anilines is 3. The number of methoxy groups -OCH3 is 1. The molecule has 31 heavy (non-hydrogen) atoms. The standard InChI is InChI=1S/C19H29N7O4S/c1-25(15-8-13-5-4-6-14(9-15)26(13)31(3,28)29)19-21-16(10-18(22-19)30-2)20-17-7-12(11-27)23-24-17/h7,10,13-15,27H,4-6,8-9,11H2,1-3H3,(H2,20,21,22,23,24)/t13-,14+,15-. The van der Waals surface area contributed by atoms with Crippen molar-refractivity contribution in [2.75, 3.05) is 30.6 Å². The van der Waals surface area contributed by atoms with Gasteiger partial charge in [0.1, 0.15) is 5.82 Å². The molecule has 11 nitrogen and oxygen atoms in total. The second kappa shape index (κ2) is 8.60. The van der Waals surface area contributed by atoms with Gasteiger partial charge < -0.3 is 20.1 Å². The molecule has 4 heterocycles. The SMILES string of the molecule is COc1cc(Nc2cc(CO)[nH]n2)nc(N(C)[C@@H]2C[C@H]3CCC[C@@H](C2)N3S(C)(=O)=O)n1. The lowest BCUT2D eigenvalue weighted by Gasteiger charge is -2.49. The van der Waals surface area contributed by atoms with Crippen LogP contribution < -0.4 is 15.0 Å². The second-order valence-electron chi connectivity index (χ2n) is 8.22. The van der Waals surface area contributed by atoms with E-state index in [9.17, 15) is 13.5 Å². The van der Waals surface area contributed by atoms with Gasteiger partial charge in [0.25, 0.3) is 0 Å². The molecule has 0 aromatic carbocycles. The highest BCUT2D eigenvalue weighted by atomic mass is 32.2. The maximum atomic E-state index is 12.3. The summed E-state index contributed by atoms with van der Waals surface area (Å²) in [6.45, 7) is -0.135. The fourth-order valence-corrected chi connectivity index (χ4v) is 6.17. The molecule has 3 N–H and O–H groups in total. The number of hydrogen-bond acceptors (Lipinski definition) is 9. The highest BCUT2D eigenvalue weighted by molar-refractivity contribution is 7.88. The Hall–Kier alpha value is -2.44. The van der Waals surface area contributed by atoms with Crippen molar-refractivity contribution >= 4 is 27.6 Å². The van der Waals surface area contributed by atoms with Gasteiger partial charge in [0.2, 0.25) is 21.9 Å². The Morgan fingerprint density at radius 2 is 1.97 bits per heavy atom. The molecule has 4 rings (SSSR count). The molecule has 0 amide bonds. The Morgan fingerprint density at radius 1 is 1.26 bits per heavy atom. The molecule has 2 bridgehead atoms. The first-order chi connectivity index (χ1) is 14.8. The van der Waals surface area contributed by atoms with Crippen molar-refractivity contribution in [1.29, 1.82) is 0 Å². The third-order valence-electron chi connectivity index (χ3n) is 6.09. The van der Waals surface area contributed by atoms with Crippen LogP contribution in [-0.4, -0.2) is 76.5 Å². The van der Waals surface area contributed by atoms with Gasteiger partial charge in [0.05, 0.1) is 25.7 Å². The largest absolute Gasteiger partial charge is 0.481 e. The summed E-state index contributed by atoms with van der Waals surface area (Å²) in [5, 5.41) is 19.1. The van der Waals surface area contributed by atoms with Gasteiger partial charge in [0, 0.05) is 37.3 Å². The predicted octanol–water partition coefficient (Wildman–Crippen LogP) is 1.23. The van der Waals surface area contributed by atoms with Crippen LogP contribution in [0, 0.1) is 0 Å². The molecule has 3 atom stereocenters. The number of ether oxygens (including phenoxy) is 1. The van der Waals surface area contributed by atoms with Crippen LogP contribution in [0.4, 0.5) is 17.6 Å². The van der Waals surface area contributed by atoms with Crippen molar-refractivity contribution < 1.29 is 18.3 Å². The molecule has 0 saturated carbocycles. The van der Waals surface area contributed by atoms with Crippen LogP contribution in [0.2, 0.25) is 0 Å². The Bertz CT molecular complexity index is 1010. The molecule has 170 valence electrons. The van der Waals surface area contributed by atoms with Crippen LogP contribution in [0.1, 0.15) is 37.8 Å². The van der Waals surface area contributed by atoms with Crippen LogP contribution >= 0.6 is 0 Å². The quantitative estimate of drug-likeness (QED) is 0.567. The van der Waals surface area contributed by atoms with Gasteiger partial charge in [-0.15, -0.1) is 0 Å². The summed E-state index contributed by atoms with van der Waals surface area (Å²) in [5.74, 6) is 1.94. The fourth-order valence-electron chi connectivity index (χ4n) is 4.71. The summed E-state index contributed by atoms with van der Waals surface area (Å²) in [7, 11) is 0.258. The molecular formula is C19H29N7O4S. The Kier molecular flexibility index (Phi) is 6.04. The molecular weight excluding hydrogens is 422 g/mol. The van der Waals surface area contributed by atoms with Crippen LogP contribution in [-0.2, 0) is 16.6 Å². The van der Waals surface area contributed by atoms with Crippen molar-refractivity contribution in [2.24, 2.45) is 0 Å². The highest BCUT2D eigenvalue weighted by Crippen LogP contribution is 2.38. The lowest BCUT2D eigenvalue weighted by Crippen LogP contribution is -2.58. The van der Waals surface area contributed by atoms with Crippen LogP contribution in [0.3, 0.4) is 0 Å². The van der Waals surface area contributed by atoms with Crippen molar-refractivity contribution in [1.82, 2.24) is 24.5 Å². The first kappa shape index (κ1) is 21.8. The molecule has 0 spiro atoms. The van der Waals surface area contributed by atoms with Gasteiger partial charge in [0.15, 0.2) is 5.82 Å². The number of nitrogens with zero attached hydrogens (tertiary/aromatic N) is 5. The van der Waals surface area contributed by atoms with E-state index in [2.05, 4.69) is 25.5 Å². The van der Waals surface area contributed by atoms with Gasteiger partial charge in [-0.25, -0.2) is 8.42 Å². The topological polar surface area (TPSA) is 137 Å². The van der Waals surface area contributed by atoms with E-state index in [-0.39, 0.29) is 24.7 Å². The minimum atomic E-state index is -3.23. The summed E-state index contributed by atoms with van der Waals surface area (Å²) < 4.78 is 31.7. The number of fused-ring (bicyclic) bond motifs is 2. The van der Waals surface area contributed by atoms with E-state index < -0.39 is 10.0 Å². The maximum Gasteiger partial charge on any atom is 0.230 e. The van der Waals surface area contributed by atoms with Gasteiger partial charge in [-0.1, -0.05) is 6.42 Å². The normalized spacial score (nSPS) is 24.1. The smallest absolute Gasteiger partial charge is 0.230 e. The minimum absolute atomic E-state index is 0.0131. The third-order valence-corrected chi connectivity index (χ3v) is 7.45. The van der Waals surface area contributed by atoms with E-state index in [1.807, 2.05) is 11.9 Å². The van der Waals surface area contributed by atoms with Crippen molar-refractivity contribution in [3.63, 3.8) is 0 Å². The molecule has 0 aliphatic carbocycles. The van der Waals surface area contributed by atoms with Crippen molar-refractivity contribution in [2.45, 2.75) is 56.8 Å². The van der Waals surface area contributed by atoms with Crippen molar-refractivity contribution in [3.8, 4) is 5.88 Å². The zero-order valence-corrected chi connectivity index (χ0v) is 18.8. The average molecular weight is 452 g/mol. The fraction of sp³-hybridized carbons (Fsp3) is 0.632. The zero-order chi connectivity index (χ0) is 22.2. The maximum absolute atomic E-state index is 12.3. The molecule has 12 heteroatoms. The number of H-pyrrole nitrogens is 1. The van der Waals surface area contributed by atoms with Crippen LogP contribution in [0.25, 0.3) is 0 Å². The number of rotatable bonds is 7. The first-order valence-corrected chi connectivity index (χ1v) is 12.2. The van der Waals surface area contributed by atoms with E-state index in [4.69, 9.17) is 4.74 Å². The van der Waals surface area contributed by atoms with Crippen molar-refractivity contribution in [3.05, 3.63) is 17.8 Å². The summed E-state index contributed by atoms with van der Waals surface area (Å²) in [6, 6.07) is 3.52. The summed E-state index contributed by atoms with van der Waals surface area (Å²) in [6.07, 6.45) is 5.60. The first-order valence-electron chi connectivity index (χ1n) is 10.3. The Morgan fingerprint density at radius 3 is 2.55 bits per heavy atom. The van der Waals surface area contributed by atoms with Crippen LogP contribution in [0.15, 0.2) is 12.1 Å². The third kappa shape index (κ3) is 4.60. The zero-order valence-electron chi connectivity index (χ0n) is 17.9. The number of sulfonamides is 1. The van der Waals surface area contributed by atoms with E-state index in [0.29, 0.717) is 29.2 Å². The lowest BCUT2D eigenvalue weighted by molar-refractivity contribution is 0.110. The van der Waals surface area contributed by atoms with Gasteiger partial charge >= 0.3 is 0 Å². The lowest BCUT2D eigenvalue weighted by atomic mass is 9.83. The number of aromatic nitrogens is 4. The molecule has 2 aliphatic rings.